The van der Waals surface area contributed by atoms with Crippen molar-refractivity contribution in [2.75, 3.05) is 20.2 Å². The first kappa shape index (κ1) is 21.0. The number of ether oxygens (including phenoxy) is 1. The quantitative estimate of drug-likeness (QED) is 0.527. The molecule has 1 unspecified atom stereocenters. The summed E-state index contributed by atoms with van der Waals surface area (Å²) in [6.07, 6.45) is 3.48. The van der Waals surface area contributed by atoms with Crippen molar-refractivity contribution >= 4 is 34.5 Å². The van der Waals surface area contributed by atoms with Gasteiger partial charge in [-0.3, -0.25) is 24.1 Å². The Hall–Kier alpha value is -3.22. The first-order valence-electron chi connectivity index (χ1n) is 10.8. The van der Waals surface area contributed by atoms with E-state index in [2.05, 4.69) is 0 Å². The van der Waals surface area contributed by atoms with Crippen LogP contribution in [0.15, 0.2) is 36.4 Å². The van der Waals surface area contributed by atoms with E-state index in [0.29, 0.717) is 29.5 Å². The van der Waals surface area contributed by atoms with Crippen LogP contribution in [0.3, 0.4) is 0 Å². The highest BCUT2D eigenvalue weighted by molar-refractivity contribution is 6.25. The molecule has 2 aliphatic rings. The molecule has 2 aliphatic heterocycles. The maximum atomic E-state index is 13.0. The normalized spacial score (nSPS) is 18.4. The van der Waals surface area contributed by atoms with E-state index < -0.39 is 0 Å². The van der Waals surface area contributed by atoms with Gasteiger partial charge in [0.15, 0.2) is 0 Å². The fourth-order valence-electron chi connectivity index (χ4n) is 4.63. The van der Waals surface area contributed by atoms with E-state index in [1.165, 1.54) is 12.0 Å². The Morgan fingerprint density at radius 1 is 1.03 bits per heavy atom. The lowest BCUT2D eigenvalue weighted by atomic mass is 9.94. The number of rotatable bonds is 6. The number of likely N-dealkylation sites (tertiary alicyclic amines) is 1. The van der Waals surface area contributed by atoms with Crippen molar-refractivity contribution in [3.63, 3.8) is 0 Å². The molecule has 0 aromatic heterocycles. The van der Waals surface area contributed by atoms with Crippen LogP contribution in [-0.2, 0) is 14.3 Å². The second-order valence-electron chi connectivity index (χ2n) is 8.09. The highest BCUT2D eigenvalue weighted by Gasteiger charge is 2.33. The number of benzene rings is 2. The van der Waals surface area contributed by atoms with Gasteiger partial charge in [-0.2, -0.15) is 0 Å². The second kappa shape index (κ2) is 8.88. The van der Waals surface area contributed by atoms with Crippen molar-refractivity contribution in [3.8, 4) is 0 Å². The molecule has 31 heavy (non-hydrogen) atoms. The van der Waals surface area contributed by atoms with Crippen molar-refractivity contribution in [1.82, 2.24) is 9.80 Å². The molecule has 2 aromatic carbocycles. The Bertz CT molecular complexity index is 997. The summed E-state index contributed by atoms with van der Waals surface area (Å²) in [6, 6.07) is 10.7. The number of methoxy groups -OCH3 is 1. The van der Waals surface area contributed by atoms with Gasteiger partial charge in [-0.25, -0.2) is 0 Å². The zero-order valence-electron chi connectivity index (χ0n) is 17.6. The van der Waals surface area contributed by atoms with Crippen LogP contribution >= 0.6 is 0 Å². The number of carbonyl (C=O) groups is 4. The van der Waals surface area contributed by atoms with Gasteiger partial charge in [0, 0.05) is 42.1 Å². The number of carbonyl (C=O) groups excluding carboxylic acids is 4. The minimum Gasteiger partial charge on any atom is -0.469 e. The van der Waals surface area contributed by atoms with Gasteiger partial charge in [-0.15, -0.1) is 0 Å². The molecule has 1 saturated heterocycles. The van der Waals surface area contributed by atoms with Gasteiger partial charge in [0.1, 0.15) is 0 Å². The van der Waals surface area contributed by atoms with Crippen molar-refractivity contribution < 1.29 is 23.9 Å². The van der Waals surface area contributed by atoms with Gasteiger partial charge in [-0.1, -0.05) is 24.3 Å². The van der Waals surface area contributed by atoms with Crippen LogP contribution in [-0.4, -0.2) is 59.7 Å². The number of amides is 3. The highest BCUT2D eigenvalue weighted by Crippen LogP contribution is 2.30. The number of piperidine rings is 1. The summed E-state index contributed by atoms with van der Waals surface area (Å²) in [6.45, 7) is 0.807. The van der Waals surface area contributed by atoms with Crippen LogP contribution in [0.25, 0.3) is 10.8 Å². The molecular formula is C24H26N2O5. The highest BCUT2D eigenvalue weighted by atomic mass is 16.5. The zero-order chi connectivity index (χ0) is 22.0. The SMILES string of the molecule is COC(=O)CC1CCCCN1C(=O)CCCN1C(=O)c2cccc3cccc(c23)C1=O. The van der Waals surface area contributed by atoms with Crippen LogP contribution in [0.4, 0.5) is 0 Å². The van der Waals surface area contributed by atoms with E-state index >= 15 is 0 Å². The van der Waals surface area contributed by atoms with Crippen molar-refractivity contribution in [2.24, 2.45) is 0 Å². The lowest BCUT2D eigenvalue weighted by molar-refractivity contribution is -0.144. The minimum absolute atomic E-state index is 0.0481. The summed E-state index contributed by atoms with van der Waals surface area (Å²) in [7, 11) is 1.35. The van der Waals surface area contributed by atoms with Crippen LogP contribution in [0.5, 0.6) is 0 Å². The van der Waals surface area contributed by atoms with Crippen LogP contribution < -0.4 is 0 Å². The fraction of sp³-hybridized carbons (Fsp3) is 0.417. The molecule has 2 heterocycles. The number of nitrogens with zero attached hydrogens (tertiary/aromatic N) is 2. The molecule has 1 atom stereocenters. The van der Waals surface area contributed by atoms with Crippen LogP contribution in [0, 0.1) is 0 Å². The second-order valence-corrected chi connectivity index (χ2v) is 8.09. The molecule has 0 bridgehead atoms. The summed E-state index contributed by atoms with van der Waals surface area (Å²) in [5.41, 5.74) is 1.04. The van der Waals surface area contributed by atoms with Gasteiger partial charge >= 0.3 is 5.97 Å². The molecule has 7 heteroatoms. The van der Waals surface area contributed by atoms with Gasteiger partial charge in [0.25, 0.3) is 11.8 Å². The maximum absolute atomic E-state index is 13.0. The molecule has 7 nitrogen and oxygen atoms in total. The molecule has 2 aromatic rings. The third-order valence-electron chi connectivity index (χ3n) is 6.21. The van der Waals surface area contributed by atoms with E-state index in [9.17, 15) is 19.2 Å². The number of hydrogen-bond donors (Lipinski definition) is 0. The lowest BCUT2D eigenvalue weighted by Crippen LogP contribution is -2.45. The zero-order valence-corrected chi connectivity index (χ0v) is 17.6. The van der Waals surface area contributed by atoms with Gasteiger partial charge in [0.2, 0.25) is 5.91 Å². The summed E-state index contributed by atoms with van der Waals surface area (Å²) in [5, 5.41) is 1.57. The molecule has 0 spiro atoms. The summed E-state index contributed by atoms with van der Waals surface area (Å²) < 4.78 is 4.76. The van der Waals surface area contributed by atoms with E-state index in [4.69, 9.17) is 4.74 Å². The summed E-state index contributed by atoms with van der Waals surface area (Å²) >= 11 is 0. The molecule has 0 aliphatic carbocycles. The lowest BCUT2D eigenvalue weighted by Gasteiger charge is -2.35. The molecule has 1 fully saturated rings. The van der Waals surface area contributed by atoms with Crippen LogP contribution in [0.1, 0.15) is 59.2 Å². The molecule has 162 valence electrons. The number of esters is 1. The third-order valence-corrected chi connectivity index (χ3v) is 6.21. The Morgan fingerprint density at radius 3 is 2.35 bits per heavy atom. The predicted octanol–water partition coefficient (Wildman–Crippen LogP) is 3.16. The molecule has 0 N–H and O–H groups in total. The summed E-state index contributed by atoms with van der Waals surface area (Å²) in [5.74, 6) is -0.998. The largest absolute Gasteiger partial charge is 0.469 e. The Kier molecular flexibility index (Phi) is 6.02. The van der Waals surface area contributed by atoms with Crippen molar-refractivity contribution in [1.29, 1.82) is 0 Å². The first-order valence-corrected chi connectivity index (χ1v) is 10.8. The molecule has 3 amide bonds. The van der Waals surface area contributed by atoms with Gasteiger partial charge in [-0.05, 0) is 43.2 Å². The van der Waals surface area contributed by atoms with Crippen molar-refractivity contribution in [2.45, 2.75) is 44.6 Å². The monoisotopic (exact) mass is 422 g/mol. The Labute approximate surface area is 180 Å². The van der Waals surface area contributed by atoms with E-state index in [-0.39, 0.29) is 49.1 Å². The predicted molar refractivity (Wildman–Crippen MR) is 115 cm³/mol. The smallest absolute Gasteiger partial charge is 0.307 e. The minimum atomic E-state index is -0.318. The van der Waals surface area contributed by atoms with E-state index in [1.54, 1.807) is 17.0 Å². The number of imide groups is 1. The molecule has 0 radical (unpaired) electrons. The topological polar surface area (TPSA) is 84.0 Å². The standard InChI is InChI=1S/C24H26N2O5/c1-31-21(28)15-17-9-2-3-13-25(17)20(27)12-6-14-26-23(29)18-10-4-7-16-8-5-11-19(22(16)18)24(26)30/h4-5,7-8,10-11,17H,2-3,6,9,12-15H2,1H3. The first-order chi connectivity index (χ1) is 15.0. The third kappa shape index (κ3) is 4.04. The Morgan fingerprint density at radius 2 is 1.71 bits per heavy atom. The molecular weight excluding hydrogens is 396 g/mol. The maximum Gasteiger partial charge on any atom is 0.307 e. The van der Waals surface area contributed by atoms with Gasteiger partial charge in [0.05, 0.1) is 13.5 Å². The van der Waals surface area contributed by atoms with Crippen LogP contribution in [0.2, 0.25) is 0 Å². The summed E-state index contributed by atoms with van der Waals surface area (Å²) in [4.78, 5) is 53.4. The van der Waals surface area contributed by atoms with E-state index in [0.717, 1.165) is 24.6 Å². The van der Waals surface area contributed by atoms with Gasteiger partial charge < -0.3 is 9.64 Å². The van der Waals surface area contributed by atoms with E-state index in [1.807, 2.05) is 24.3 Å². The number of hydrogen-bond acceptors (Lipinski definition) is 5. The average Bonchev–Trinajstić information content (AvgIpc) is 2.79. The Balaban J connectivity index is 1.41. The molecule has 4 rings (SSSR count). The fourth-order valence-corrected chi connectivity index (χ4v) is 4.63. The average molecular weight is 422 g/mol. The van der Waals surface area contributed by atoms with Crippen molar-refractivity contribution in [3.05, 3.63) is 47.5 Å². The molecule has 0 saturated carbocycles.